The van der Waals surface area contributed by atoms with E-state index in [-0.39, 0.29) is 5.92 Å². The second-order valence-corrected chi connectivity index (χ2v) is 4.08. The van der Waals surface area contributed by atoms with Gasteiger partial charge in [0.25, 0.3) is 0 Å². The fourth-order valence-corrected chi connectivity index (χ4v) is 1.77. The highest BCUT2D eigenvalue weighted by molar-refractivity contribution is 5.70. The molecular weight excluding hydrogens is 204 g/mol. The molecule has 84 valence electrons. The highest BCUT2D eigenvalue weighted by Gasteiger charge is 2.14. The van der Waals surface area contributed by atoms with Gasteiger partial charge in [0, 0.05) is 5.69 Å². The molecule has 0 radical (unpaired) electrons. The Morgan fingerprint density at radius 1 is 1.56 bits per heavy atom. The van der Waals surface area contributed by atoms with E-state index in [1.54, 1.807) is 13.1 Å². The molecule has 0 aliphatic rings. The van der Waals surface area contributed by atoms with Crippen molar-refractivity contribution in [1.82, 2.24) is 9.61 Å². The molecule has 0 amide bonds. The van der Waals surface area contributed by atoms with Crippen molar-refractivity contribution in [2.24, 2.45) is 5.92 Å². The number of nitrogens with zero attached hydrogens (tertiary/aromatic N) is 2. The van der Waals surface area contributed by atoms with Crippen LogP contribution in [0.1, 0.15) is 18.2 Å². The molecule has 0 aliphatic heterocycles. The molecule has 0 aromatic carbocycles. The zero-order valence-corrected chi connectivity index (χ0v) is 9.34. The van der Waals surface area contributed by atoms with E-state index in [4.69, 9.17) is 5.11 Å². The lowest BCUT2D eigenvalue weighted by Gasteiger charge is -2.04. The van der Waals surface area contributed by atoms with Crippen molar-refractivity contribution in [1.29, 1.82) is 0 Å². The number of aliphatic carboxylic acids is 1. The average Bonchev–Trinajstić information content (AvgIpc) is 2.63. The van der Waals surface area contributed by atoms with Crippen molar-refractivity contribution in [3.63, 3.8) is 0 Å². The van der Waals surface area contributed by atoms with Gasteiger partial charge in [-0.15, -0.1) is 0 Å². The van der Waals surface area contributed by atoms with Crippen molar-refractivity contribution >= 4 is 11.5 Å². The Bertz CT molecular complexity index is 531. The summed E-state index contributed by atoms with van der Waals surface area (Å²) in [6, 6.07) is 5.90. The van der Waals surface area contributed by atoms with E-state index in [1.807, 2.05) is 29.6 Å². The number of carboxylic acid groups (broad SMARTS) is 1. The van der Waals surface area contributed by atoms with Crippen LogP contribution in [0.3, 0.4) is 0 Å². The van der Waals surface area contributed by atoms with Gasteiger partial charge in [0.05, 0.1) is 17.6 Å². The first-order chi connectivity index (χ1) is 7.59. The monoisotopic (exact) mass is 218 g/mol. The molecule has 2 rings (SSSR count). The SMILES string of the molecule is Cc1cccc2c(CC(C)C(=O)O)cnn12. The number of carbonyl (C=O) groups is 1. The van der Waals surface area contributed by atoms with Crippen LogP contribution in [0.25, 0.3) is 5.52 Å². The Hall–Kier alpha value is -1.84. The molecule has 1 N–H and O–H groups in total. The predicted molar refractivity (Wildman–Crippen MR) is 60.4 cm³/mol. The average molecular weight is 218 g/mol. The maximum Gasteiger partial charge on any atom is 0.306 e. The normalized spacial score (nSPS) is 12.9. The standard InChI is InChI=1S/C12H14N2O2/c1-8(12(15)16)6-10-7-13-14-9(2)4-3-5-11(10)14/h3-5,7-8H,6H2,1-2H3,(H,15,16). The molecule has 2 aromatic rings. The van der Waals surface area contributed by atoms with Crippen molar-refractivity contribution in [3.05, 3.63) is 35.7 Å². The number of pyridine rings is 1. The largest absolute Gasteiger partial charge is 0.481 e. The summed E-state index contributed by atoms with van der Waals surface area (Å²) in [5.41, 5.74) is 3.03. The van der Waals surface area contributed by atoms with Crippen molar-refractivity contribution < 1.29 is 9.90 Å². The summed E-state index contributed by atoms with van der Waals surface area (Å²) in [7, 11) is 0. The van der Waals surface area contributed by atoms with Crippen molar-refractivity contribution in [3.8, 4) is 0 Å². The van der Waals surface area contributed by atoms with Gasteiger partial charge in [-0.05, 0) is 31.0 Å². The third kappa shape index (κ3) is 1.78. The summed E-state index contributed by atoms with van der Waals surface area (Å²) in [6.07, 6.45) is 2.27. The van der Waals surface area contributed by atoms with Crippen LogP contribution in [-0.2, 0) is 11.2 Å². The van der Waals surface area contributed by atoms with Gasteiger partial charge in [0.1, 0.15) is 0 Å². The molecule has 16 heavy (non-hydrogen) atoms. The molecule has 0 fully saturated rings. The number of fused-ring (bicyclic) bond motifs is 1. The van der Waals surface area contributed by atoms with E-state index in [2.05, 4.69) is 5.10 Å². The summed E-state index contributed by atoms with van der Waals surface area (Å²) < 4.78 is 1.84. The van der Waals surface area contributed by atoms with Crippen LogP contribution in [0.5, 0.6) is 0 Å². The third-order valence-electron chi connectivity index (χ3n) is 2.76. The minimum Gasteiger partial charge on any atom is -0.481 e. The van der Waals surface area contributed by atoms with Crippen LogP contribution in [-0.4, -0.2) is 20.7 Å². The first kappa shape index (κ1) is 10.7. The molecular formula is C12H14N2O2. The maximum absolute atomic E-state index is 10.8. The lowest BCUT2D eigenvalue weighted by molar-refractivity contribution is -0.141. The first-order valence-electron chi connectivity index (χ1n) is 5.24. The molecule has 1 atom stereocenters. The minimum absolute atomic E-state index is 0.381. The van der Waals surface area contributed by atoms with Crippen molar-refractivity contribution in [2.45, 2.75) is 20.3 Å². The predicted octanol–water partition coefficient (Wildman–Crippen LogP) is 1.91. The molecule has 0 spiro atoms. The first-order valence-corrected chi connectivity index (χ1v) is 5.24. The molecule has 2 heterocycles. The van der Waals surface area contributed by atoms with Gasteiger partial charge >= 0.3 is 5.97 Å². The third-order valence-corrected chi connectivity index (χ3v) is 2.76. The smallest absolute Gasteiger partial charge is 0.306 e. The molecule has 2 aromatic heterocycles. The Kier molecular flexibility index (Phi) is 2.64. The quantitative estimate of drug-likeness (QED) is 0.856. The summed E-state index contributed by atoms with van der Waals surface area (Å²) in [5, 5.41) is 13.1. The lowest BCUT2D eigenvalue weighted by atomic mass is 10.0. The van der Waals surface area contributed by atoms with Crippen LogP contribution in [0, 0.1) is 12.8 Å². The summed E-state index contributed by atoms with van der Waals surface area (Å²) in [6.45, 7) is 3.69. The lowest BCUT2D eigenvalue weighted by Crippen LogP contribution is -2.12. The fourth-order valence-electron chi connectivity index (χ4n) is 1.77. The van der Waals surface area contributed by atoms with Crippen molar-refractivity contribution in [2.75, 3.05) is 0 Å². The Balaban J connectivity index is 2.39. The maximum atomic E-state index is 10.8. The number of hydrogen-bond acceptors (Lipinski definition) is 2. The molecule has 4 heteroatoms. The molecule has 1 unspecified atom stereocenters. The number of aromatic nitrogens is 2. The van der Waals surface area contributed by atoms with Crippen LogP contribution in [0.2, 0.25) is 0 Å². The fraction of sp³-hybridized carbons (Fsp3) is 0.333. The Morgan fingerprint density at radius 2 is 2.31 bits per heavy atom. The number of carboxylic acids is 1. The van der Waals surface area contributed by atoms with Gasteiger partial charge in [-0.2, -0.15) is 5.10 Å². The van der Waals surface area contributed by atoms with E-state index < -0.39 is 5.97 Å². The molecule has 0 bridgehead atoms. The van der Waals surface area contributed by atoms with E-state index in [9.17, 15) is 4.79 Å². The van der Waals surface area contributed by atoms with Crippen LogP contribution < -0.4 is 0 Å². The topological polar surface area (TPSA) is 54.6 Å². The Morgan fingerprint density at radius 3 is 3.00 bits per heavy atom. The number of aryl methyl sites for hydroxylation is 1. The summed E-state index contributed by atoms with van der Waals surface area (Å²) in [5.74, 6) is -1.15. The van der Waals surface area contributed by atoms with Gasteiger partial charge in [-0.25, -0.2) is 4.52 Å². The molecule has 0 aliphatic carbocycles. The molecule has 4 nitrogen and oxygen atoms in total. The molecule has 0 saturated heterocycles. The van der Waals surface area contributed by atoms with Crippen LogP contribution in [0.15, 0.2) is 24.4 Å². The number of hydrogen-bond donors (Lipinski definition) is 1. The van der Waals surface area contributed by atoms with E-state index in [0.29, 0.717) is 6.42 Å². The van der Waals surface area contributed by atoms with Crippen LogP contribution in [0.4, 0.5) is 0 Å². The van der Waals surface area contributed by atoms with Crippen LogP contribution >= 0.6 is 0 Å². The zero-order valence-electron chi connectivity index (χ0n) is 9.34. The molecule has 0 saturated carbocycles. The van der Waals surface area contributed by atoms with Gasteiger partial charge in [-0.1, -0.05) is 13.0 Å². The van der Waals surface area contributed by atoms with E-state index >= 15 is 0 Å². The second-order valence-electron chi connectivity index (χ2n) is 4.08. The van der Waals surface area contributed by atoms with E-state index in [0.717, 1.165) is 16.8 Å². The summed E-state index contributed by atoms with van der Waals surface area (Å²) >= 11 is 0. The minimum atomic E-state index is -0.771. The zero-order chi connectivity index (χ0) is 11.7. The van der Waals surface area contributed by atoms with E-state index in [1.165, 1.54) is 0 Å². The van der Waals surface area contributed by atoms with Gasteiger partial charge in [0.2, 0.25) is 0 Å². The van der Waals surface area contributed by atoms with Gasteiger partial charge in [-0.3, -0.25) is 4.79 Å². The highest BCUT2D eigenvalue weighted by Crippen LogP contribution is 2.16. The van der Waals surface area contributed by atoms with Gasteiger partial charge < -0.3 is 5.11 Å². The second kappa shape index (κ2) is 3.96. The van der Waals surface area contributed by atoms with Gasteiger partial charge in [0.15, 0.2) is 0 Å². The number of rotatable bonds is 3. The highest BCUT2D eigenvalue weighted by atomic mass is 16.4. The Labute approximate surface area is 93.5 Å². The summed E-state index contributed by atoms with van der Waals surface area (Å²) in [4.78, 5) is 10.8.